The van der Waals surface area contributed by atoms with Gasteiger partial charge in [0.05, 0.1) is 28.2 Å². The molecule has 0 aromatic carbocycles. The molecule has 0 radical (unpaired) electrons. The molecule has 0 aliphatic carbocycles. The van der Waals surface area contributed by atoms with Gasteiger partial charge in [0.15, 0.2) is 28.9 Å². The second kappa shape index (κ2) is 26.6. The molecule has 12 heterocycles. The Morgan fingerprint density at radius 3 is 1.26 bits per heavy atom. The van der Waals surface area contributed by atoms with Crippen molar-refractivity contribution >= 4 is 52.2 Å². The maximum Gasteiger partial charge on any atom is 0.369 e. The fourth-order valence-electron chi connectivity index (χ4n) is 6.58. The molecule has 0 amide bonds. The summed E-state index contributed by atoms with van der Waals surface area (Å²) in [6.45, 7) is 8.31. The van der Waals surface area contributed by atoms with E-state index in [1.165, 1.54) is 82.1 Å². The van der Waals surface area contributed by atoms with E-state index >= 15 is 0 Å². The van der Waals surface area contributed by atoms with Gasteiger partial charge < -0.3 is 23.7 Å². The van der Waals surface area contributed by atoms with E-state index in [-0.39, 0.29) is 49.7 Å². The van der Waals surface area contributed by atoms with Crippen molar-refractivity contribution in [3.05, 3.63) is 134 Å². The number of hydrogen-bond acceptors (Lipinski definition) is 29. The minimum atomic E-state index is -0.439. The molecule has 0 aliphatic heterocycles. The third-order valence-corrected chi connectivity index (χ3v) is 14.0. The van der Waals surface area contributed by atoms with Crippen LogP contribution in [-0.4, -0.2) is 144 Å². The lowest BCUT2D eigenvalue weighted by molar-refractivity contribution is 0.280. The Kier molecular flexibility index (Phi) is 16.6. The minimum Gasteiger partial charge on any atom is -0.483 e. The van der Waals surface area contributed by atoms with Gasteiger partial charge in [-0.3, -0.25) is 20.4 Å². The Morgan fingerprint density at radius 2 is 0.881 bits per heavy atom. The van der Waals surface area contributed by atoms with Gasteiger partial charge in [-0.25, -0.2) is 19.2 Å². The number of nitrogens with zero attached hydrogens (tertiary/aromatic N) is 24. The lowest BCUT2D eigenvalue weighted by atomic mass is 10.2. The summed E-state index contributed by atoms with van der Waals surface area (Å²) >= 11 is 4.60. The van der Waals surface area contributed by atoms with Crippen molar-refractivity contribution in [3.8, 4) is 64.2 Å². The standard InChI is InChI=1S/C11H13N7O3S.C11H11N7O2S.C11H9N7O2S.C10H11N7O2S/c1-3-20-10-7(6-21-8-4-5-12-13-8)9(14-22-10)18-11(19)17(2)15-16-18;2*1-3-8-7(6-20-9-4-5-12-13-9)10(14-21-8)18-11(19)17(2)15-16-18;1-6-7(5-19-8-3-4-11-12-8)9(13-20-6)17-10(18)16(2)14-15-17/h4-5H,3,6H2,1-2H3,(H,12,13);3-5H,1,6H2,2H3,(H,12,13);1,4-5H,6H2,2H3,(H,12,13);3-4H,5H2,1-2H3,(H,11,12)/i/hT4. The Bertz CT molecular complexity index is 4650. The molecular weight excluding hydrogens is 1180 g/mol. The van der Waals surface area contributed by atoms with E-state index in [0.717, 1.165) is 96.2 Å². The molecule has 12 rings (SSSR count). The van der Waals surface area contributed by atoms with Crippen LogP contribution in [0.5, 0.6) is 28.6 Å². The van der Waals surface area contributed by atoms with Crippen LogP contribution in [0.1, 0.15) is 43.8 Å². The third kappa shape index (κ3) is 13.0. The summed E-state index contributed by atoms with van der Waals surface area (Å²) in [4.78, 5) is 50.0. The first-order valence-corrected chi connectivity index (χ1v) is 26.8. The molecule has 0 bridgehead atoms. The van der Waals surface area contributed by atoms with Crippen LogP contribution < -0.4 is 46.4 Å². The van der Waals surface area contributed by atoms with E-state index in [9.17, 15) is 19.2 Å². The molecule has 84 heavy (non-hydrogen) atoms. The highest BCUT2D eigenvalue weighted by Crippen LogP contribution is 2.31. The summed E-state index contributed by atoms with van der Waals surface area (Å²) in [7, 11) is 6.00. The summed E-state index contributed by atoms with van der Waals surface area (Å²) < 4.78 is 82.3. The third-order valence-electron chi connectivity index (χ3n) is 10.8. The lowest BCUT2D eigenvalue weighted by Gasteiger charge is -2.06. The Hall–Kier alpha value is -10.9. The van der Waals surface area contributed by atoms with Gasteiger partial charge >= 0.3 is 22.8 Å². The first-order chi connectivity index (χ1) is 42.3. The van der Waals surface area contributed by atoms with Crippen molar-refractivity contribution in [2.75, 3.05) is 6.61 Å². The minimum absolute atomic E-state index is 0.0470. The highest BCUT2D eigenvalue weighted by Gasteiger charge is 2.24. The summed E-state index contributed by atoms with van der Waals surface area (Å²) in [5.41, 5.74) is 0.855. The van der Waals surface area contributed by atoms with Crippen molar-refractivity contribution in [2.24, 2.45) is 28.2 Å². The van der Waals surface area contributed by atoms with Crippen molar-refractivity contribution < 1.29 is 29.3 Å². The Morgan fingerprint density at radius 1 is 0.524 bits per heavy atom. The molecule has 0 saturated heterocycles. The molecule has 0 atom stereocenters. The quantitative estimate of drug-likeness (QED) is 0.0787. The summed E-state index contributed by atoms with van der Waals surface area (Å²) in [6, 6.07) is 6.24. The van der Waals surface area contributed by atoms with Crippen LogP contribution >= 0.6 is 46.1 Å². The van der Waals surface area contributed by atoms with Crippen molar-refractivity contribution in [3.63, 3.8) is 0 Å². The summed E-state index contributed by atoms with van der Waals surface area (Å²) in [6.07, 6.45) is 12.9. The number of ether oxygens (including phenoxy) is 5. The highest BCUT2D eigenvalue weighted by molar-refractivity contribution is 7.08. The van der Waals surface area contributed by atoms with E-state index in [0.29, 0.717) is 62.5 Å². The number of rotatable bonds is 19. The van der Waals surface area contributed by atoms with E-state index in [4.69, 9.17) is 35.8 Å². The van der Waals surface area contributed by atoms with Gasteiger partial charge in [-0.15, -0.1) is 45.5 Å². The molecule has 0 saturated carbocycles. The number of terminal acetylenes is 1. The molecule has 12 aromatic rings. The van der Waals surface area contributed by atoms with Crippen LogP contribution in [0, 0.1) is 19.3 Å². The maximum absolute atomic E-state index is 12.0. The first kappa shape index (κ1) is 52.5. The lowest BCUT2D eigenvalue weighted by Crippen LogP contribution is -2.23. The van der Waals surface area contributed by atoms with E-state index in [1.807, 2.05) is 13.8 Å². The van der Waals surface area contributed by atoms with Crippen LogP contribution in [-0.2, 0) is 54.6 Å². The van der Waals surface area contributed by atoms with Crippen LogP contribution in [0.4, 0.5) is 0 Å². The molecule has 37 nitrogen and oxygen atoms in total. The predicted octanol–water partition coefficient (Wildman–Crippen LogP) is 0.230. The molecular formula is C43H44N28O9S4. The zero-order chi connectivity index (χ0) is 62.8. The largest absolute Gasteiger partial charge is 0.483 e. The van der Waals surface area contributed by atoms with Gasteiger partial charge in [0.25, 0.3) is 0 Å². The van der Waals surface area contributed by atoms with Crippen LogP contribution in [0.2, 0.25) is 5.65 Å². The number of aromatic amines is 4. The number of H-pyrrole nitrogens is 4. The second-order valence-electron chi connectivity index (χ2n) is 16.1. The molecule has 0 spiro atoms. The smallest absolute Gasteiger partial charge is 0.369 e. The zero-order valence-corrected chi connectivity index (χ0v) is 47.6. The monoisotopic (exact) mass is 1230 g/mol. The normalized spacial score (nSPS) is 11.4. The second-order valence-corrected chi connectivity index (χ2v) is 19.4. The van der Waals surface area contributed by atoms with Gasteiger partial charge in [-0.2, -0.15) is 36.2 Å². The topological polar surface area (TPSA) is 423 Å². The molecule has 41 heteroatoms. The number of aromatic nitrogens is 28. The van der Waals surface area contributed by atoms with Crippen LogP contribution in [0.3, 0.4) is 0 Å². The first-order valence-electron chi connectivity index (χ1n) is 25.5. The number of hydrogen-bond donors (Lipinski definition) is 4. The zero-order valence-electron chi connectivity index (χ0n) is 48.3. The Labute approximate surface area is 490 Å². The number of aryl methyl sites for hydroxylation is 5. The van der Waals surface area contributed by atoms with Gasteiger partial charge in [-0.05, 0) is 90.2 Å². The maximum atomic E-state index is 12.0. The molecule has 0 unspecified atom stereocenters. The van der Waals surface area contributed by atoms with E-state index in [2.05, 4.69) is 92.1 Å². The molecule has 434 valence electrons. The van der Waals surface area contributed by atoms with E-state index in [1.54, 1.807) is 24.3 Å². The van der Waals surface area contributed by atoms with Gasteiger partial charge in [0, 0.05) is 99.2 Å². The fraction of sp³-hybridized carbons (Fsp3) is 0.256. The molecule has 0 aliphatic rings. The summed E-state index contributed by atoms with van der Waals surface area (Å²) in [5.74, 6) is 5.01. The predicted molar refractivity (Wildman–Crippen MR) is 295 cm³/mol. The summed E-state index contributed by atoms with van der Waals surface area (Å²) in [5, 5.41) is 49.0. The average Bonchev–Trinajstić information content (AvgIpc) is 3.32. The molecule has 4 N–H and O–H groups in total. The fourth-order valence-corrected chi connectivity index (χ4v) is 9.43. The van der Waals surface area contributed by atoms with Crippen molar-refractivity contribution in [1.29, 1.82) is 0 Å². The van der Waals surface area contributed by atoms with Crippen molar-refractivity contribution in [1.82, 2.24) is 137 Å². The number of nitrogens with one attached hydrogen (secondary N) is 4. The van der Waals surface area contributed by atoms with Crippen molar-refractivity contribution in [2.45, 2.75) is 40.3 Å². The average molecular weight is 1230 g/mol. The molecule has 0 fully saturated rings. The van der Waals surface area contributed by atoms with Crippen LogP contribution in [0.15, 0.2) is 74.8 Å². The molecule has 12 aromatic heterocycles. The van der Waals surface area contributed by atoms with Crippen LogP contribution in [0.25, 0.3) is 29.3 Å². The highest BCUT2D eigenvalue weighted by atomic mass is 32.1. The van der Waals surface area contributed by atoms with Gasteiger partial charge in [0.1, 0.15) is 31.3 Å². The van der Waals surface area contributed by atoms with Gasteiger partial charge in [-0.1, -0.05) is 18.6 Å². The van der Waals surface area contributed by atoms with E-state index < -0.39 is 17.1 Å². The van der Waals surface area contributed by atoms with Gasteiger partial charge in [0.2, 0.25) is 28.6 Å². The number of tetrazole rings is 4. The Balaban J connectivity index is 0.000000140. The SMILES string of the molecule is [3H]n1ccc(OCc2c(-n3nnn(C)c3=O)nsc2C#C)n1.[3H]n1ccc(OCc2c(-n3nnn(C)c3=O)nsc2C)n1.[3H]n1ccc(OCc2c(-n3nnn(C)c3=O)nsc2C=C)n1.[3H]n1ccc(OCc2c(-n3nnn(C)c3=O)nsc2OCC)n1.